The van der Waals surface area contributed by atoms with Crippen LogP contribution in [0.25, 0.3) is 0 Å². The minimum absolute atomic E-state index is 0.105. The minimum atomic E-state index is -4.87. The van der Waals surface area contributed by atoms with Gasteiger partial charge in [0.2, 0.25) is 0 Å². The Balaban J connectivity index is 2.48. The largest absolute Gasteiger partial charge is 0.416 e. The van der Waals surface area contributed by atoms with Crippen molar-refractivity contribution in [2.45, 2.75) is 32.2 Å². The van der Waals surface area contributed by atoms with Crippen LogP contribution >= 0.6 is 0 Å². The highest BCUT2D eigenvalue weighted by atomic mass is 19.4. The second-order valence-corrected chi connectivity index (χ2v) is 5.60. The first-order chi connectivity index (χ1) is 11.5. The van der Waals surface area contributed by atoms with E-state index in [0.717, 1.165) is 5.56 Å². The molecule has 0 saturated carbocycles. The van der Waals surface area contributed by atoms with E-state index < -0.39 is 29.5 Å². The van der Waals surface area contributed by atoms with Gasteiger partial charge in [0, 0.05) is 5.71 Å². The van der Waals surface area contributed by atoms with E-state index >= 15 is 0 Å². The van der Waals surface area contributed by atoms with Gasteiger partial charge in [0.25, 0.3) is 0 Å². The summed E-state index contributed by atoms with van der Waals surface area (Å²) in [4.78, 5) is 4.25. The maximum absolute atomic E-state index is 12.9. The van der Waals surface area contributed by atoms with Crippen molar-refractivity contribution < 1.29 is 26.3 Å². The average Bonchev–Trinajstić information content (AvgIpc) is 2.53. The van der Waals surface area contributed by atoms with Gasteiger partial charge in [0.1, 0.15) is 0 Å². The predicted molar refractivity (Wildman–Crippen MR) is 83.5 cm³/mol. The Bertz CT molecular complexity index is 727. The molecule has 0 aliphatic rings. The summed E-state index contributed by atoms with van der Waals surface area (Å²) in [5.41, 5.74) is -1.98. The standard InChI is InChI=1S/C18H15F6N/c1-11(13-6-4-3-5-7-13)25-12(2)14-8-15(17(19,20)21)10-16(9-14)18(22,23)24/h3-11H,1-2H3/t11-/m0/s1. The average molecular weight is 359 g/mol. The van der Waals surface area contributed by atoms with Crippen LogP contribution in [-0.2, 0) is 12.4 Å². The number of aliphatic imine (C=N–C) groups is 1. The zero-order valence-corrected chi connectivity index (χ0v) is 13.4. The Morgan fingerprint density at radius 3 is 1.76 bits per heavy atom. The lowest BCUT2D eigenvalue weighted by Crippen LogP contribution is -2.13. The van der Waals surface area contributed by atoms with Crippen molar-refractivity contribution in [3.63, 3.8) is 0 Å². The second kappa shape index (κ2) is 6.90. The third-order valence-corrected chi connectivity index (χ3v) is 3.67. The molecule has 1 nitrogen and oxygen atoms in total. The van der Waals surface area contributed by atoms with Gasteiger partial charge in [-0.15, -0.1) is 0 Å². The summed E-state index contributed by atoms with van der Waals surface area (Å²) in [6.45, 7) is 3.12. The van der Waals surface area contributed by atoms with Crippen LogP contribution in [0.1, 0.15) is 42.1 Å². The predicted octanol–water partition coefficient (Wildman–Crippen LogP) is 6.29. The highest BCUT2D eigenvalue weighted by molar-refractivity contribution is 5.99. The Labute approximate surface area is 141 Å². The first-order valence-electron chi connectivity index (χ1n) is 7.37. The normalized spacial score (nSPS) is 14.5. The maximum atomic E-state index is 12.9. The second-order valence-electron chi connectivity index (χ2n) is 5.60. The molecular weight excluding hydrogens is 344 g/mol. The van der Waals surface area contributed by atoms with E-state index in [0.29, 0.717) is 12.1 Å². The highest BCUT2D eigenvalue weighted by Crippen LogP contribution is 2.36. The van der Waals surface area contributed by atoms with Crippen LogP contribution in [0.2, 0.25) is 0 Å². The number of hydrogen-bond acceptors (Lipinski definition) is 1. The SMILES string of the molecule is CC(=N[C@@H](C)c1ccccc1)c1cc(C(F)(F)F)cc(C(F)(F)F)c1. The molecule has 7 heteroatoms. The molecule has 2 aromatic carbocycles. The zero-order chi connectivity index (χ0) is 18.8. The molecule has 134 valence electrons. The molecule has 0 saturated heterocycles. The number of nitrogens with zero attached hydrogens (tertiary/aromatic N) is 1. The molecule has 0 unspecified atom stereocenters. The number of alkyl halides is 6. The molecule has 0 amide bonds. The molecule has 25 heavy (non-hydrogen) atoms. The van der Waals surface area contributed by atoms with Crippen molar-refractivity contribution in [2.75, 3.05) is 0 Å². The first kappa shape index (κ1) is 19.0. The van der Waals surface area contributed by atoms with Crippen LogP contribution in [0.5, 0.6) is 0 Å². The van der Waals surface area contributed by atoms with Crippen molar-refractivity contribution in [3.05, 3.63) is 70.8 Å². The Morgan fingerprint density at radius 2 is 1.32 bits per heavy atom. The molecule has 0 aliphatic heterocycles. The fraction of sp³-hybridized carbons (Fsp3) is 0.278. The van der Waals surface area contributed by atoms with Gasteiger partial charge in [-0.25, -0.2) is 0 Å². The van der Waals surface area contributed by atoms with Crippen LogP contribution in [-0.4, -0.2) is 5.71 Å². The molecule has 0 spiro atoms. The monoisotopic (exact) mass is 359 g/mol. The van der Waals surface area contributed by atoms with E-state index in [1.165, 1.54) is 6.92 Å². The van der Waals surface area contributed by atoms with Gasteiger partial charge in [0.15, 0.2) is 0 Å². The quantitative estimate of drug-likeness (QED) is 0.451. The molecule has 0 N–H and O–H groups in total. The van der Waals surface area contributed by atoms with E-state index in [1.54, 1.807) is 37.3 Å². The summed E-state index contributed by atoms with van der Waals surface area (Å²) in [6.07, 6.45) is -9.75. The summed E-state index contributed by atoms with van der Waals surface area (Å²) in [7, 11) is 0. The van der Waals surface area contributed by atoms with E-state index in [4.69, 9.17) is 0 Å². The lowest BCUT2D eigenvalue weighted by atomic mass is 10.0. The van der Waals surface area contributed by atoms with Gasteiger partial charge < -0.3 is 0 Å². The van der Waals surface area contributed by atoms with E-state index in [-0.39, 0.29) is 17.3 Å². The van der Waals surface area contributed by atoms with E-state index in [1.807, 2.05) is 0 Å². The molecule has 0 bridgehead atoms. The van der Waals surface area contributed by atoms with Crippen molar-refractivity contribution in [1.82, 2.24) is 0 Å². The van der Waals surface area contributed by atoms with Gasteiger partial charge in [-0.3, -0.25) is 4.99 Å². The smallest absolute Gasteiger partial charge is 0.282 e. The molecule has 0 aliphatic carbocycles. The highest BCUT2D eigenvalue weighted by Gasteiger charge is 2.37. The Morgan fingerprint density at radius 1 is 0.840 bits per heavy atom. The summed E-state index contributed by atoms with van der Waals surface area (Å²) in [6, 6.07) is 10.0. The van der Waals surface area contributed by atoms with Crippen molar-refractivity contribution in [3.8, 4) is 0 Å². The van der Waals surface area contributed by atoms with Crippen molar-refractivity contribution in [2.24, 2.45) is 4.99 Å². The molecule has 2 rings (SSSR count). The maximum Gasteiger partial charge on any atom is 0.416 e. The summed E-state index contributed by atoms with van der Waals surface area (Å²) < 4.78 is 77.5. The van der Waals surface area contributed by atoms with Crippen LogP contribution in [0.15, 0.2) is 53.5 Å². The fourth-order valence-corrected chi connectivity index (χ4v) is 2.33. The van der Waals surface area contributed by atoms with Crippen LogP contribution < -0.4 is 0 Å². The third kappa shape index (κ3) is 4.84. The summed E-state index contributed by atoms with van der Waals surface area (Å²) in [5.74, 6) is 0. The Hall–Kier alpha value is -2.31. The zero-order valence-electron chi connectivity index (χ0n) is 13.4. The number of hydrogen-bond donors (Lipinski definition) is 0. The molecular formula is C18H15F6N. The van der Waals surface area contributed by atoms with Gasteiger partial charge in [-0.1, -0.05) is 30.3 Å². The summed E-state index contributed by atoms with van der Waals surface area (Å²) in [5, 5.41) is 0. The Kier molecular flexibility index (Phi) is 5.25. The van der Waals surface area contributed by atoms with Gasteiger partial charge >= 0.3 is 12.4 Å². The first-order valence-corrected chi connectivity index (χ1v) is 7.37. The molecule has 0 heterocycles. The fourth-order valence-electron chi connectivity index (χ4n) is 2.33. The molecule has 2 aromatic rings. The number of rotatable bonds is 3. The van der Waals surface area contributed by atoms with Crippen molar-refractivity contribution >= 4 is 5.71 Å². The van der Waals surface area contributed by atoms with Gasteiger partial charge in [-0.2, -0.15) is 26.3 Å². The van der Waals surface area contributed by atoms with E-state index in [2.05, 4.69) is 4.99 Å². The minimum Gasteiger partial charge on any atom is -0.282 e. The molecule has 1 atom stereocenters. The van der Waals surface area contributed by atoms with Crippen LogP contribution in [0, 0.1) is 0 Å². The van der Waals surface area contributed by atoms with Gasteiger partial charge in [-0.05, 0) is 43.2 Å². The lowest BCUT2D eigenvalue weighted by molar-refractivity contribution is -0.143. The molecule has 0 fully saturated rings. The number of benzene rings is 2. The summed E-state index contributed by atoms with van der Waals surface area (Å²) >= 11 is 0. The third-order valence-electron chi connectivity index (χ3n) is 3.67. The number of halogens is 6. The van der Waals surface area contributed by atoms with Crippen LogP contribution in [0.4, 0.5) is 26.3 Å². The lowest BCUT2D eigenvalue weighted by Gasteiger charge is -2.15. The van der Waals surface area contributed by atoms with Crippen molar-refractivity contribution in [1.29, 1.82) is 0 Å². The molecule has 0 aromatic heterocycles. The topological polar surface area (TPSA) is 12.4 Å². The van der Waals surface area contributed by atoms with Crippen LogP contribution in [0.3, 0.4) is 0 Å². The van der Waals surface area contributed by atoms with Gasteiger partial charge in [0.05, 0.1) is 17.2 Å². The molecule has 0 radical (unpaired) electrons. The van der Waals surface area contributed by atoms with E-state index in [9.17, 15) is 26.3 Å².